The summed E-state index contributed by atoms with van der Waals surface area (Å²) >= 11 is 0. The SMILES string of the molecule is CC(C)(C)C1CCC(O)(CN2CC[C@@H]3[C@@H](CCCCN3CC(N)=O)C2)CC1. The number of fused-ring (bicyclic) bond motifs is 1. The molecule has 0 unspecified atom stereocenters. The third kappa shape index (κ3) is 5.45. The van der Waals surface area contributed by atoms with Crippen LogP contribution in [0.3, 0.4) is 0 Å². The number of hydrogen-bond acceptors (Lipinski definition) is 4. The normalized spacial score (nSPS) is 36.8. The number of primary amides is 1. The van der Waals surface area contributed by atoms with E-state index >= 15 is 0 Å². The highest BCUT2D eigenvalue weighted by Crippen LogP contribution is 2.42. The lowest BCUT2D eigenvalue weighted by molar-refractivity contribution is -0.120. The summed E-state index contributed by atoms with van der Waals surface area (Å²) in [5.41, 5.74) is 5.33. The molecule has 0 radical (unpaired) electrons. The Balaban J connectivity index is 1.55. The minimum atomic E-state index is -0.508. The van der Waals surface area contributed by atoms with Gasteiger partial charge in [-0.15, -0.1) is 0 Å². The van der Waals surface area contributed by atoms with Gasteiger partial charge in [0, 0.05) is 19.1 Å². The number of carbonyl (C=O) groups is 1. The van der Waals surface area contributed by atoms with E-state index in [1.165, 1.54) is 19.3 Å². The van der Waals surface area contributed by atoms with E-state index in [9.17, 15) is 9.90 Å². The van der Waals surface area contributed by atoms with Crippen molar-refractivity contribution < 1.29 is 9.90 Å². The first-order valence-electron chi connectivity index (χ1n) is 11.1. The van der Waals surface area contributed by atoms with Crippen LogP contribution < -0.4 is 5.73 Å². The Morgan fingerprint density at radius 2 is 1.81 bits per heavy atom. The van der Waals surface area contributed by atoms with Crippen LogP contribution in [0.25, 0.3) is 0 Å². The molecule has 0 spiro atoms. The summed E-state index contributed by atoms with van der Waals surface area (Å²) in [6.45, 7) is 11.3. The molecule has 0 bridgehead atoms. The molecule has 2 saturated heterocycles. The third-order valence-electron chi connectivity index (χ3n) is 7.54. The Morgan fingerprint density at radius 3 is 2.44 bits per heavy atom. The number of likely N-dealkylation sites (tertiary alicyclic amines) is 2. The van der Waals surface area contributed by atoms with Crippen LogP contribution in [0.2, 0.25) is 0 Å². The molecule has 27 heavy (non-hydrogen) atoms. The van der Waals surface area contributed by atoms with Crippen molar-refractivity contribution >= 4 is 5.91 Å². The number of carbonyl (C=O) groups excluding carboxylic acids is 1. The molecule has 1 saturated carbocycles. The summed E-state index contributed by atoms with van der Waals surface area (Å²) in [6, 6.07) is 0.488. The number of nitrogens with two attached hydrogens (primary N) is 1. The van der Waals surface area contributed by atoms with E-state index in [2.05, 4.69) is 30.6 Å². The minimum absolute atomic E-state index is 0.206. The van der Waals surface area contributed by atoms with Crippen molar-refractivity contribution in [3.05, 3.63) is 0 Å². The molecular formula is C22H41N3O2. The van der Waals surface area contributed by atoms with Crippen molar-refractivity contribution in [3.8, 4) is 0 Å². The van der Waals surface area contributed by atoms with Gasteiger partial charge >= 0.3 is 0 Å². The summed E-state index contributed by atoms with van der Waals surface area (Å²) in [6.07, 6.45) is 8.90. The van der Waals surface area contributed by atoms with Gasteiger partial charge in [0.1, 0.15) is 0 Å². The van der Waals surface area contributed by atoms with Crippen LogP contribution >= 0.6 is 0 Å². The zero-order chi connectivity index (χ0) is 19.7. The number of nitrogens with zero attached hydrogens (tertiary/aromatic N) is 2. The number of β-amino-alcohol motifs (C(OH)–C–C–N with tert-alkyl or cyclic N) is 1. The Morgan fingerprint density at radius 1 is 1.11 bits per heavy atom. The van der Waals surface area contributed by atoms with Crippen LogP contribution in [0.5, 0.6) is 0 Å². The molecule has 3 fully saturated rings. The Kier molecular flexibility index (Phi) is 6.54. The predicted octanol–water partition coefficient (Wildman–Crippen LogP) is 2.62. The number of hydrogen-bond donors (Lipinski definition) is 2. The number of rotatable bonds is 4. The highest BCUT2D eigenvalue weighted by atomic mass is 16.3. The van der Waals surface area contributed by atoms with Crippen LogP contribution in [0.15, 0.2) is 0 Å². The molecule has 0 aromatic heterocycles. The average Bonchev–Trinajstić information content (AvgIpc) is 2.75. The second-order valence-corrected chi connectivity index (χ2v) is 10.6. The van der Waals surface area contributed by atoms with E-state index in [1.54, 1.807) is 0 Å². The molecule has 3 rings (SSSR count). The van der Waals surface area contributed by atoms with E-state index in [4.69, 9.17) is 5.73 Å². The fourth-order valence-corrected chi connectivity index (χ4v) is 5.88. The molecule has 1 aliphatic carbocycles. The van der Waals surface area contributed by atoms with E-state index in [0.717, 1.165) is 64.2 Å². The molecular weight excluding hydrogens is 338 g/mol. The lowest BCUT2D eigenvalue weighted by atomic mass is 9.68. The van der Waals surface area contributed by atoms with Gasteiger partial charge in [-0.3, -0.25) is 9.69 Å². The molecule has 2 atom stereocenters. The fraction of sp³-hybridized carbons (Fsp3) is 0.955. The summed E-state index contributed by atoms with van der Waals surface area (Å²) in [7, 11) is 0. The lowest BCUT2D eigenvalue weighted by Gasteiger charge is -2.47. The molecule has 0 aromatic carbocycles. The number of aliphatic hydroxyl groups is 1. The summed E-state index contributed by atoms with van der Waals surface area (Å²) < 4.78 is 0. The first kappa shape index (κ1) is 21.1. The Labute approximate surface area is 165 Å². The van der Waals surface area contributed by atoms with Crippen molar-refractivity contribution in [1.82, 2.24) is 9.80 Å². The Bertz CT molecular complexity index is 508. The molecule has 5 nitrogen and oxygen atoms in total. The fourth-order valence-electron chi connectivity index (χ4n) is 5.88. The summed E-state index contributed by atoms with van der Waals surface area (Å²) in [5, 5.41) is 11.2. The zero-order valence-corrected chi connectivity index (χ0v) is 17.8. The summed E-state index contributed by atoms with van der Waals surface area (Å²) in [5.74, 6) is 1.13. The first-order valence-corrected chi connectivity index (χ1v) is 11.1. The Hall–Kier alpha value is -0.650. The maximum atomic E-state index is 11.5. The van der Waals surface area contributed by atoms with Gasteiger partial charge in [0.15, 0.2) is 0 Å². The first-order chi connectivity index (χ1) is 12.7. The zero-order valence-electron chi connectivity index (χ0n) is 17.8. The van der Waals surface area contributed by atoms with Gasteiger partial charge in [0.25, 0.3) is 0 Å². The maximum absolute atomic E-state index is 11.5. The van der Waals surface area contributed by atoms with Crippen LogP contribution in [-0.2, 0) is 4.79 Å². The maximum Gasteiger partial charge on any atom is 0.231 e. The number of piperidine rings is 1. The van der Waals surface area contributed by atoms with Gasteiger partial charge in [-0.05, 0) is 75.3 Å². The van der Waals surface area contributed by atoms with Gasteiger partial charge < -0.3 is 15.7 Å². The van der Waals surface area contributed by atoms with Crippen LogP contribution in [0, 0.1) is 17.3 Å². The van der Waals surface area contributed by atoms with E-state index in [-0.39, 0.29) is 5.91 Å². The third-order valence-corrected chi connectivity index (χ3v) is 7.54. The highest BCUT2D eigenvalue weighted by molar-refractivity contribution is 5.75. The van der Waals surface area contributed by atoms with Gasteiger partial charge in [0.05, 0.1) is 12.1 Å². The molecule has 5 heteroatoms. The highest BCUT2D eigenvalue weighted by Gasteiger charge is 2.41. The van der Waals surface area contributed by atoms with Crippen LogP contribution in [0.4, 0.5) is 0 Å². The van der Waals surface area contributed by atoms with Gasteiger partial charge in [-0.2, -0.15) is 0 Å². The molecule has 2 aliphatic heterocycles. The predicted molar refractivity (Wildman–Crippen MR) is 109 cm³/mol. The molecule has 3 aliphatic rings. The van der Waals surface area contributed by atoms with Crippen LogP contribution in [-0.4, -0.2) is 65.2 Å². The topological polar surface area (TPSA) is 69.8 Å². The molecule has 3 N–H and O–H groups in total. The second-order valence-electron chi connectivity index (χ2n) is 10.6. The second kappa shape index (κ2) is 8.38. The van der Waals surface area contributed by atoms with Crippen LogP contribution in [0.1, 0.15) is 72.1 Å². The van der Waals surface area contributed by atoms with Crippen molar-refractivity contribution in [1.29, 1.82) is 0 Å². The quantitative estimate of drug-likeness (QED) is 0.788. The van der Waals surface area contributed by atoms with Crippen molar-refractivity contribution in [2.45, 2.75) is 83.8 Å². The van der Waals surface area contributed by atoms with Crippen molar-refractivity contribution in [2.24, 2.45) is 23.0 Å². The van der Waals surface area contributed by atoms with Gasteiger partial charge in [0.2, 0.25) is 5.91 Å². The molecule has 156 valence electrons. The minimum Gasteiger partial charge on any atom is -0.389 e. The smallest absolute Gasteiger partial charge is 0.231 e. The average molecular weight is 380 g/mol. The molecule has 2 heterocycles. The van der Waals surface area contributed by atoms with E-state index < -0.39 is 5.60 Å². The largest absolute Gasteiger partial charge is 0.389 e. The monoisotopic (exact) mass is 379 g/mol. The molecule has 1 amide bonds. The summed E-state index contributed by atoms with van der Waals surface area (Å²) in [4.78, 5) is 16.3. The van der Waals surface area contributed by atoms with Gasteiger partial charge in [-0.25, -0.2) is 0 Å². The molecule has 0 aromatic rings. The van der Waals surface area contributed by atoms with Gasteiger partial charge in [-0.1, -0.05) is 27.2 Å². The lowest BCUT2D eigenvalue weighted by Crippen LogP contribution is -2.55. The van der Waals surface area contributed by atoms with E-state index in [0.29, 0.717) is 23.9 Å². The standard InChI is InChI=1S/C22H41N3O2/c1-21(2,3)18-7-10-22(27,11-8-18)16-24-13-9-19-17(14-24)6-4-5-12-25(19)15-20(23)26/h17-19,27H,4-16H2,1-3H3,(H2,23,26)/t17-,18?,19+,22?/m0/s1. The van der Waals surface area contributed by atoms with Crippen molar-refractivity contribution in [3.63, 3.8) is 0 Å². The number of amides is 1. The van der Waals surface area contributed by atoms with E-state index in [1.807, 2.05) is 0 Å². The van der Waals surface area contributed by atoms with Crippen molar-refractivity contribution in [2.75, 3.05) is 32.7 Å².